The Bertz CT molecular complexity index is 353. The lowest BCUT2D eigenvalue weighted by Crippen LogP contribution is -2.27. The predicted molar refractivity (Wildman–Crippen MR) is 105 cm³/mol. The van der Waals surface area contributed by atoms with Crippen molar-refractivity contribution >= 4 is 5.91 Å². The molecule has 2 nitrogen and oxygen atoms in total. The molecule has 0 aliphatic carbocycles. The number of nitrogens with zero attached hydrogens (tertiary/aromatic N) is 1. The van der Waals surface area contributed by atoms with Crippen LogP contribution in [0.25, 0.3) is 0 Å². The lowest BCUT2D eigenvalue weighted by molar-refractivity contribution is -0.130. The van der Waals surface area contributed by atoms with Gasteiger partial charge in [0, 0.05) is 19.5 Å². The molecule has 138 valence electrons. The summed E-state index contributed by atoms with van der Waals surface area (Å²) in [7, 11) is 0. The molecule has 0 aromatic rings. The Morgan fingerprint density at radius 2 is 1.38 bits per heavy atom. The molecule has 1 amide bonds. The van der Waals surface area contributed by atoms with Crippen molar-refractivity contribution in [2.75, 3.05) is 13.1 Å². The van der Waals surface area contributed by atoms with E-state index >= 15 is 0 Å². The Kier molecular flexibility index (Phi) is 13.5. The Labute approximate surface area is 150 Å². The number of amides is 1. The van der Waals surface area contributed by atoms with Crippen LogP contribution in [0.1, 0.15) is 96.8 Å². The highest BCUT2D eigenvalue weighted by atomic mass is 16.2. The number of allylic oxidation sites excluding steroid dienone is 4. The van der Waals surface area contributed by atoms with Crippen molar-refractivity contribution in [3.8, 4) is 0 Å². The first-order valence-corrected chi connectivity index (χ1v) is 10.4. The molecule has 0 spiro atoms. The van der Waals surface area contributed by atoms with Gasteiger partial charge in [0.15, 0.2) is 0 Å². The molecule has 0 unspecified atom stereocenters. The molecular formula is C22H39NO. The van der Waals surface area contributed by atoms with Crippen LogP contribution in [0, 0.1) is 0 Å². The van der Waals surface area contributed by atoms with Crippen LogP contribution in [-0.2, 0) is 4.79 Å². The topological polar surface area (TPSA) is 20.3 Å². The number of unbranched alkanes of at least 4 members (excludes halogenated alkanes) is 8. The van der Waals surface area contributed by atoms with Crippen LogP contribution >= 0.6 is 0 Å². The fourth-order valence-corrected chi connectivity index (χ4v) is 3.21. The van der Waals surface area contributed by atoms with Crippen LogP contribution in [-0.4, -0.2) is 23.9 Å². The molecule has 0 atom stereocenters. The largest absolute Gasteiger partial charge is 0.343 e. The van der Waals surface area contributed by atoms with Crippen molar-refractivity contribution in [2.45, 2.75) is 96.8 Å². The Balaban J connectivity index is 1.81. The monoisotopic (exact) mass is 333 g/mol. The van der Waals surface area contributed by atoms with Crippen molar-refractivity contribution in [3.63, 3.8) is 0 Å². The Morgan fingerprint density at radius 1 is 0.792 bits per heavy atom. The van der Waals surface area contributed by atoms with Crippen molar-refractivity contribution < 1.29 is 4.79 Å². The van der Waals surface area contributed by atoms with Crippen LogP contribution in [0.2, 0.25) is 0 Å². The smallest absolute Gasteiger partial charge is 0.222 e. The van der Waals surface area contributed by atoms with Gasteiger partial charge in [-0.3, -0.25) is 4.79 Å². The molecule has 1 aliphatic heterocycles. The molecule has 0 saturated carbocycles. The molecule has 0 N–H and O–H groups in total. The fraction of sp³-hybridized carbons (Fsp3) is 0.773. The van der Waals surface area contributed by atoms with Crippen molar-refractivity contribution in [2.24, 2.45) is 0 Å². The first-order valence-electron chi connectivity index (χ1n) is 10.4. The molecule has 1 aliphatic rings. The van der Waals surface area contributed by atoms with Gasteiger partial charge in [-0.15, -0.1) is 0 Å². The second-order valence-electron chi connectivity index (χ2n) is 7.07. The highest BCUT2D eigenvalue weighted by molar-refractivity contribution is 5.76. The summed E-state index contributed by atoms with van der Waals surface area (Å²) in [4.78, 5) is 13.9. The number of rotatable bonds is 14. The van der Waals surface area contributed by atoms with Crippen molar-refractivity contribution in [3.05, 3.63) is 24.3 Å². The summed E-state index contributed by atoms with van der Waals surface area (Å²) in [6, 6.07) is 0. The van der Waals surface area contributed by atoms with Gasteiger partial charge in [0.25, 0.3) is 0 Å². The van der Waals surface area contributed by atoms with Gasteiger partial charge >= 0.3 is 0 Å². The van der Waals surface area contributed by atoms with Crippen LogP contribution in [0.4, 0.5) is 0 Å². The molecule has 2 heteroatoms. The van der Waals surface area contributed by atoms with E-state index in [9.17, 15) is 4.79 Å². The summed E-state index contributed by atoms with van der Waals surface area (Å²) >= 11 is 0. The third-order valence-corrected chi connectivity index (χ3v) is 4.80. The highest BCUT2D eigenvalue weighted by Crippen LogP contribution is 2.12. The van der Waals surface area contributed by atoms with Crippen LogP contribution in [0.15, 0.2) is 24.3 Å². The minimum absolute atomic E-state index is 0.387. The van der Waals surface area contributed by atoms with E-state index in [0.717, 1.165) is 32.4 Å². The lowest BCUT2D eigenvalue weighted by Gasteiger charge is -2.14. The third kappa shape index (κ3) is 11.5. The van der Waals surface area contributed by atoms with E-state index in [2.05, 4.69) is 31.2 Å². The highest BCUT2D eigenvalue weighted by Gasteiger charge is 2.16. The zero-order valence-electron chi connectivity index (χ0n) is 16.0. The average molecular weight is 334 g/mol. The second-order valence-corrected chi connectivity index (χ2v) is 7.07. The van der Waals surface area contributed by atoms with Crippen molar-refractivity contribution in [1.29, 1.82) is 0 Å². The van der Waals surface area contributed by atoms with Crippen molar-refractivity contribution in [1.82, 2.24) is 4.90 Å². The van der Waals surface area contributed by atoms with Gasteiger partial charge in [-0.2, -0.15) is 0 Å². The van der Waals surface area contributed by atoms with Gasteiger partial charge in [0.2, 0.25) is 5.91 Å². The number of hydrogen-bond acceptors (Lipinski definition) is 1. The van der Waals surface area contributed by atoms with Gasteiger partial charge < -0.3 is 4.90 Å². The summed E-state index contributed by atoms with van der Waals surface area (Å²) in [6.07, 6.45) is 26.1. The standard InChI is InChI=1S/C22H39NO/c1-2-3-4-5-6-7-8-9-10-11-12-13-14-15-16-19-22(24)23-20-17-18-21-23/h6-7,9-10H,2-5,8,11-21H2,1H3/b7-6+,10-9-. The Morgan fingerprint density at radius 3 is 2.04 bits per heavy atom. The van der Waals surface area contributed by atoms with Gasteiger partial charge in [0.1, 0.15) is 0 Å². The quantitative estimate of drug-likeness (QED) is 0.265. The molecule has 1 rings (SSSR count). The van der Waals surface area contributed by atoms with Crippen LogP contribution in [0.3, 0.4) is 0 Å². The Hall–Kier alpha value is -1.05. The maximum absolute atomic E-state index is 11.9. The zero-order chi connectivity index (χ0) is 17.3. The summed E-state index contributed by atoms with van der Waals surface area (Å²) in [5.41, 5.74) is 0. The minimum atomic E-state index is 0.387. The number of carbonyl (C=O) groups excluding carboxylic acids is 1. The van der Waals surface area contributed by atoms with E-state index in [4.69, 9.17) is 0 Å². The lowest BCUT2D eigenvalue weighted by atomic mass is 10.1. The molecular weight excluding hydrogens is 294 g/mol. The molecule has 0 bridgehead atoms. The molecule has 0 aromatic heterocycles. The fourth-order valence-electron chi connectivity index (χ4n) is 3.21. The maximum Gasteiger partial charge on any atom is 0.222 e. The molecule has 0 radical (unpaired) electrons. The molecule has 1 saturated heterocycles. The first kappa shape index (κ1) is 21.0. The van der Waals surface area contributed by atoms with Crippen LogP contribution in [0.5, 0.6) is 0 Å². The number of hydrogen-bond donors (Lipinski definition) is 0. The molecule has 1 heterocycles. The van der Waals surface area contributed by atoms with E-state index < -0.39 is 0 Å². The van der Waals surface area contributed by atoms with E-state index in [1.54, 1.807) is 0 Å². The summed E-state index contributed by atoms with van der Waals surface area (Å²) in [5.74, 6) is 0.387. The second kappa shape index (κ2) is 15.5. The SMILES string of the molecule is CCCCC/C=C/C/C=C\CCCCCCCC(=O)N1CCCC1. The zero-order valence-corrected chi connectivity index (χ0v) is 16.0. The molecule has 24 heavy (non-hydrogen) atoms. The summed E-state index contributed by atoms with van der Waals surface area (Å²) in [5, 5.41) is 0. The maximum atomic E-state index is 11.9. The van der Waals surface area contributed by atoms with Crippen LogP contribution < -0.4 is 0 Å². The van der Waals surface area contributed by atoms with E-state index in [0.29, 0.717) is 5.91 Å². The summed E-state index contributed by atoms with van der Waals surface area (Å²) in [6.45, 7) is 4.25. The summed E-state index contributed by atoms with van der Waals surface area (Å²) < 4.78 is 0. The predicted octanol–water partition coefficient (Wildman–Crippen LogP) is 6.42. The third-order valence-electron chi connectivity index (χ3n) is 4.80. The van der Waals surface area contributed by atoms with E-state index in [1.165, 1.54) is 70.6 Å². The first-order chi connectivity index (χ1) is 11.8. The number of likely N-dealkylation sites (tertiary alicyclic amines) is 1. The van der Waals surface area contributed by atoms with Gasteiger partial charge in [-0.25, -0.2) is 0 Å². The molecule has 1 fully saturated rings. The van der Waals surface area contributed by atoms with Gasteiger partial charge in [-0.05, 0) is 51.4 Å². The van der Waals surface area contributed by atoms with E-state index in [-0.39, 0.29) is 0 Å². The minimum Gasteiger partial charge on any atom is -0.343 e. The average Bonchev–Trinajstić information content (AvgIpc) is 3.13. The van der Waals surface area contributed by atoms with E-state index in [1.807, 2.05) is 4.90 Å². The van der Waals surface area contributed by atoms with Gasteiger partial charge in [-0.1, -0.05) is 63.3 Å². The number of carbonyl (C=O) groups is 1. The van der Waals surface area contributed by atoms with Gasteiger partial charge in [0.05, 0.1) is 0 Å². The molecule has 0 aromatic carbocycles. The normalized spacial score (nSPS) is 15.1.